The molecule has 0 spiro atoms. The van der Waals surface area contributed by atoms with Gasteiger partial charge in [-0.1, -0.05) is 36.4 Å². The summed E-state index contributed by atoms with van der Waals surface area (Å²) in [5, 5.41) is 5.78. The average molecular weight is 510 g/mol. The number of amides is 2. The SMILES string of the molecule is CCOC(=O)CCCN1CC[C@H](c2ccccc2)C[C@@H]1C(=O)N[C@@H](C)C(=O)NCc1ccc(N)nc1C. The van der Waals surface area contributed by atoms with E-state index in [0.717, 1.165) is 24.2 Å². The lowest BCUT2D eigenvalue weighted by Crippen LogP contribution is -2.55. The third kappa shape index (κ3) is 8.28. The number of hydrogen-bond acceptors (Lipinski definition) is 7. The lowest BCUT2D eigenvalue weighted by Gasteiger charge is -2.39. The number of esters is 1. The van der Waals surface area contributed by atoms with E-state index in [4.69, 9.17) is 10.5 Å². The number of carbonyl (C=O) groups is 3. The number of nitrogens with zero attached hydrogens (tertiary/aromatic N) is 2. The molecule has 0 bridgehead atoms. The van der Waals surface area contributed by atoms with Crippen LogP contribution < -0.4 is 16.4 Å². The monoisotopic (exact) mass is 509 g/mol. The Bertz CT molecular complexity index is 1060. The van der Waals surface area contributed by atoms with Gasteiger partial charge in [0.15, 0.2) is 0 Å². The first-order valence-electron chi connectivity index (χ1n) is 13.0. The fraction of sp³-hybridized carbons (Fsp3) is 0.500. The van der Waals surface area contributed by atoms with E-state index in [0.29, 0.717) is 44.8 Å². The number of pyridine rings is 1. The number of likely N-dealkylation sites (tertiary alicyclic amines) is 1. The van der Waals surface area contributed by atoms with Crippen LogP contribution in [0.2, 0.25) is 0 Å². The second-order valence-corrected chi connectivity index (χ2v) is 9.52. The number of aryl methyl sites for hydroxylation is 1. The molecule has 3 atom stereocenters. The van der Waals surface area contributed by atoms with E-state index in [1.54, 1.807) is 19.9 Å². The lowest BCUT2D eigenvalue weighted by atomic mass is 9.84. The molecule has 9 heteroatoms. The summed E-state index contributed by atoms with van der Waals surface area (Å²) in [4.78, 5) is 44.3. The molecule has 3 rings (SSSR count). The van der Waals surface area contributed by atoms with Gasteiger partial charge in [0.25, 0.3) is 0 Å². The third-order valence-corrected chi connectivity index (χ3v) is 6.84. The van der Waals surface area contributed by atoms with Crippen LogP contribution in [0.25, 0.3) is 0 Å². The van der Waals surface area contributed by atoms with Crippen LogP contribution in [0.3, 0.4) is 0 Å². The van der Waals surface area contributed by atoms with Gasteiger partial charge in [-0.3, -0.25) is 19.3 Å². The summed E-state index contributed by atoms with van der Waals surface area (Å²) >= 11 is 0. The number of piperidine rings is 1. The van der Waals surface area contributed by atoms with Crippen molar-refractivity contribution in [3.8, 4) is 0 Å². The molecule has 2 amide bonds. The molecule has 4 N–H and O–H groups in total. The van der Waals surface area contributed by atoms with Crippen molar-refractivity contribution in [2.75, 3.05) is 25.4 Å². The van der Waals surface area contributed by atoms with Crippen LogP contribution in [0.1, 0.15) is 62.3 Å². The van der Waals surface area contributed by atoms with Crippen molar-refractivity contribution < 1.29 is 19.1 Å². The fourth-order valence-corrected chi connectivity index (χ4v) is 4.75. The minimum Gasteiger partial charge on any atom is -0.466 e. The van der Waals surface area contributed by atoms with E-state index in [2.05, 4.69) is 32.7 Å². The Balaban J connectivity index is 1.61. The Morgan fingerprint density at radius 1 is 1.19 bits per heavy atom. The van der Waals surface area contributed by atoms with Gasteiger partial charge in [-0.15, -0.1) is 0 Å². The van der Waals surface area contributed by atoms with E-state index in [9.17, 15) is 14.4 Å². The number of nitrogens with two attached hydrogens (primary N) is 1. The Labute approximate surface area is 219 Å². The van der Waals surface area contributed by atoms with Gasteiger partial charge in [-0.25, -0.2) is 4.98 Å². The molecular formula is C28H39N5O4. The number of hydrogen-bond donors (Lipinski definition) is 3. The van der Waals surface area contributed by atoms with Crippen LogP contribution in [-0.4, -0.2) is 59.4 Å². The standard InChI is InChI=1S/C28H39N5O4/c1-4-37-26(34)11-8-15-33-16-14-22(21-9-6-5-7-10-21)17-24(33)28(36)32-20(3)27(35)30-18-23-12-13-25(29)31-19(23)2/h5-7,9-10,12-13,20,22,24H,4,8,11,14-18H2,1-3H3,(H2,29,31)(H,30,35)(H,32,36)/t20-,22-,24+/m0/s1. The average Bonchev–Trinajstić information content (AvgIpc) is 2.88. The topological polar surface area (TPSA) is 127 Å². The Hall–Kier alpha value is -3.46. The molecule has 2 aromatic rings. The summed E-state index contributed by atoms with van der Waals surface area (Å²) in [5.74, 6) is 0.0165. The number of rotatable bonds is 11. The molecule has 1 aromatic carbocycles. The maximum absolute atomic E-state index is 13.4. The van der Waals surface area contributed by atoms with Crippen LogP contribution in [-0.2, 0) is 25.7 Å². The molecule has 1 aromatic heterocycles. The first-order chi connectivity index (χ1) is 17.8. The van der Waals surface area contributed by atoms with Crippen molar-refractivity contribution in [2.45, 2.75) is 71.0 Å². The van der Waals surface area contributed by atoms with Crippen molar-refractivity contribution in [1.29, 1.82) is 0 Å². The predicted octanol–water partition coefficient (Wildman–Crippen LogP) is 2.68. The van der Waals surface area contributed by atoms with E-state index in [1.165, 1.54) is 5.56 Å². The number of nitrogens with one attached hydrogen (secondary N) is 2. The number of aromatic nitrogens is 1. The summed E-state index contributed by atoms with van der Waals surface area (Å²) < 4.78 is 5.04. The first-order valence-corrected chi connectivity index (χ1v) is 13.0. The second kappa shape index (κ2) is 13.7. The van der Waals surface area contributed by atoms with Crippen LogP contribution in [0.5, 0.6) is 0 Å². The summed E-state index contributed by atoms with van der Waals surface area (Å²) in [6.07, 6.45) is 2.51. The fourth-order valence-electron chi connectivity index (χ4n) is 4.75. The molecule has 37 heavy (non-hydrogen) atoms. The van der Waals surface area contributed by atoms with Crippen molar-refractivity contribution >= 4 is 23.6 Å². The molecule has 1 fully saturated rings. The molecule has 1 aliphatic heterocycles. The van der Waals surface area contributed by atoms with E-state index in [1.807, 2.05) is 31.2 Å². The zero-order valence-corrected chi connectivity index (χ0v) is 22.0. The highest BCUT2D eigenvalue weighted by molar-refractivity contribution is 5.89. The van der Waals surface area contributed by atoms with Gasteiger partial charge in [-0.2, -0.15) is 0 Å². The normalized spacial score (nSPS) is 18.6. The lowest BCUT2D eigenvalue weighted by molar-refractivity contribution is -0.143. The number of benzene rings is 1. The van der Waals surface area contributed by atoms with Gasteiger partial charge in [0, 0.05) is 18.7 Å². The van der Waals surface area contributed by atoms with E-state index >= 15 is 0 Å². The van der Waals surface area contributed by atoms with Crippen molar-refractivity contribution in [2.24, 2.45) is 0 Å². The molecule has 2 heterocycles. The van der Waals surface area contributed by atoms with Gasteiger partial charge >= 0.3 is 5.97 Å². The van der Waals surface area contributed by atoms with Gasteiger partial charge in [0.2, 0.25) is 11.8 Å². The van der Waals surface area contributed by atoms with E-state index in [-0.39, 0.29) is 29.7 Å². The van der Waals surface area contributed by atoms with Crippen molar-refractivity contribution in [3.63, 3.8) is 0 Å². The van der Waals surface area contributed by atoms with Gasteiger partial charge in [0.1, 0.15) is 11.9 Å². The van der Waals surface area contributed by atoms with Crippen LogP contribution in [0, 0.1) is 6.92 Å². The zero-order chi connectivity index (χ0) is 26.8. The number of nitrogen functional groups attached to an aromatic ring is 1. The Morgan fingerprint density at radius 2 is 1.95 bits per heavy atom. The summed E-state index contributed by atoms with van der Waals surface area (Å²) in [6, 6.07) is 12.7. The molecule has 0 aliphatic carbocycles. The van der Waals surface area contributed by atoms with Crippen molar-refractivity contribution in [3.05, 3.63) is 59.3 Å². The van der Waals surface area contributed by atoms with Crippen molar-refractivity contribution in [1.82, 2.24) is 20.5 Å². The summed E-state index contributed by atoms with van der Waals surface area (Å²) in [5.41, 5.74) is 8.54. The predicted molar refractivity (Wildman–Crippen MR) is 142 cm³/mol. The third-order valence-electron chi connectivity index (χ3n) is 6.84. The summed E-state index contributed by atoms with van der Waals surface area (Å²) in [6.45, 7) is 7.33. The highest BCUT2D eigenvalue weighted by Gasteiger charge is 2.35. The second-order valence-electron chi connectivity index (χ2n) is 9.52. The van der Waals surface area contributed by atoms with E-state index < -0.39 is 6.04 Å². The molecule has 9 nitrogen and oxygen atoms in total. The molecule has 0 unspecified atom stereocenters. The molecular weight excluding hydrogens is 470 g/mol. The molecule has 0 saturated carbocycles. The quantitative estimate of drug-likeness (QED) is 0.398. The van der Waals surface area contributed by atoms with Crippen LogP contribution in [0.4, 0.5) is 5.82 Å². The highest BCUT2D eigenvalue weighted by Crippen LogP contribution is 2.32. The van der Waals surface area contributed by atoms with Gasteiger partial charge in [-0.05, 0) is 76.2 Å². The minimum atomic E-state index is -0.701. The largest absolute Gasteiger partial charge is 0.466 e. The zero-order valence-electron chi connectivity index (χ0n) is 22.0. The summed E-state index contributed by atoms with van der Waals surface area (Å²) in [7, 11) is 0. The Morgan fingerprint density at radius 3 is 2.65 bits per heavy atom. The van der Waals surface area contributed by atoms with Gasteiger partial charge < -0.3 is 21.1 Å². The maximum Gasteiger partial charge on any atom is 0.305 e. The first kappa shape index (κ1) is 28.1. The van der Waals surface area contributed by atoms with Crippen LogP contribution in [0.15, 0.2) is 42.5 Å². The molecule has 1 aliphatic rings. The van der Waals surface area contributed by atoms with Crippen LogP contribution >= 0.6 is 0 Å². The molecule has 200 valence electrons. The minimum absolute atomic E-state index is 0.176. The Kier molecular flexibility index (Phi) is 10.4. The highest BCUT2D eigenvalue weighted by atomic mass is 16.5. The smallest absolute Gasteiger partial charge is 0.305 e. The van der Waals surface area contributed by atoms with Gasteiger partial charge in [0.05, 0.1) is 12.6 Å². The molecule has 1 saturated heterocycles. The maximum atomic E-state index is 13.4. The number of ether oxygens (including phenoxy) is 1. The molecule has 0 radical (unpaired) electrons. The number of carbonyl (C=O) groups excluding carboxylic acids is 3. The number of anilines is 1.